The molecule has 2 heterocycles. The molecule has 5 heteroatoms. The minimum absolute atomic E-state index is 0.157. The maximum absolute atomic E-state index is 11.2. The van der Waals surface area contributed by atoms with E-state index in [1.54, 1.807) is 13.0 Å². The Morgan fingerprint density at radius 1 is 1.47 bits per heavy atom. The first-order valence-corrected chi connectivity index (χ1v) is 6.17. The van der Waals surface area contributed by atoms with E-state index in [2.05, 4.69) is 10.3 Å². The van der Waals surface area contributed by atoms with Gasteiger partial charge in [0.2, 0.25) is 5.91 Å². The molecule has 1 fully saturated rings. The summed E-state index contributed by atoms with van der Waals surface area (Å²) in [6.45, 7) is 3.24. The Hall–Kier alpha value is -1.29. The maximum atomic E-state index is 11.2. The SMILES string of the molecule is CC(=O)N1CCC(Nc2cccc(Cl)n2)CC1. The third kappa shape index (κ3) is 3.33. The highest BCUT2D eigenvalue weighted by molar-refractivity contribution is 6.29. The van der Waals surface area contributed by atoms with E-state index in [1.807, 2.05) is 17.0 Å². The molecule has 1 aliphatic heterocycles. The number of hydrogen-bond donors (Lipinski definition) is 1. The molecular formula is C12H16ClN3O. The van der Waals surface area contributed by atoms with Gasteiger partial charge in [-0.15, -0.1) is 0 Å². The van der Waals surface area contributed by atoms with Gasteiger partial charge in [0.25, 0.3) is 0 Å². The van der Waals surface area contributed by atoms with Crippen LogP contribution in [0.5, 0.6) is 0 Å². The van der Waals surface area contributed by atoms with Gasteiger partial charge in [0.1, 0.15) is 11.0 Å². The molecule has 1 amide bonds. The van der Waals surface area contributed by atoms with Crippen molar-refractivity contribution >= 4 is 23.3 Å². The maximum Gasteiger partial charge on any atom is 0.219 e. The highest BCUT2D eigenvalue weighted by Gasteiger charge is 2.20. The zero-order chi connectivity index (χ0) is 12.3. The van der Waals surface area contributed by atoms with Gasteiger partial charge < -0.3 is 10.2 Å². The second kappa shape index (κ2) is 5.36. The van der Waals surface area contributed by atoms with Crippen molar-refractivity contribution in [2.24, 2.45) is 0 Å². The Morgan fingerprint density at radius 3 is 2.76 bits per heavy atom. The summed E-state index contributed by atoms with van der Waals surface area (Å²) < 4.78 is 0. The van der Waals surface area contributed by atoms with Crippen LogP contribution in [0.3, 0.4) is 0 Å². The lowest BCUT2D eigenvalue weighted by Crippen LogP contribution is -2.41. The van der Waals surface area contributed by atoms with Crippen LogP contribution >= 0.6 is 11.6 Å². The summed E-state index contributed by atoms with van der Waals surface area (Å²) in [5.74, 6) is 0.961. The number of carbonyl (C=O) groups excluding carboxylic acids is 1. The van der Waals surface area contributed by atoms with E-state index in [9.17, 15) is 4.79 Å². The Labute approximate surface area is 106 Å². The van der Waals surface area contributed by atoms with Gasteiger partial charge in [0, 0.05) is 26.1 Å². The topological polar surface area (TPSA) is 45.2 Å². The molecule has 0 radical (unpaired) electrons. The lowest BCUT2D eigenvalue weighted by Gasteiger charge is -2.31. The van der Waals surface area contributed by atoms with Crippen molar-refractivity contribution in [3.8, 4) is 0 Å². The summed E-state index contributed by atoms with van der Waals surface area (Å²) in [5, 5.41) is 3.84. The van der Waals surface area contributed by atoms with Crippen molar-refractivity contribution in [1.29, 1.82) is 0 Å². The molecule has 17 heavy (non-hydrogen) atoms. The summed E-state index contributed by atoms with van der Waals surface area (Å²) in [5.41, 5.74) is 0. The van der Waals surface area contributed by atoms with E-state index >= 15 is 0 Å². The normalized spacial score (nSPS) is 16.9. The van der Waals surface area contributed by atoms with Crippen LogP contribution in [0.2, 0.25) is 5.15 Å². The highest BCUT2D eigenvalue weighted by atomic mass is 35.5. The van der Waals surface area contributed by atoms with Crippen molar-refractivity contribution in [3.63, 3.8) is 0 Å². The number of halogens is 1. The number of aromatic nitrogens is 1. The molecular weight excluding hydrogens is 238 g/mol. The summed E-state index contributed by atoms with van der Waals surface area (Å²) in [7, 11) is 0. The molecule has 0 unspecified atom stereocenters. The minimum atomic E-state index is 0.157. The van der Waals surface area contributed by atoms with E-state index in [1.165, 1.54) is 0 Å². The van der Waals surface area contributed by atoms with Crippen LogP contribution < -0.4 is 5.32 Å². The fourth-order valence-electron chi connectivity index (χ4n) is 2.04. The van der Waals surface area contributed by atoms with E-state index < -0.39 is 0 Å². The van der Waals surface area contributed by atoms with Crippen LogP contribution in [-0.2, 0) is 4.79 Å². The molecule has 1 aliphatic rings. The Kier molecular flexibility index (Phi) is 3.84. The summed E-state index contributed by atoms with van der Waals surface area (Å²) in [4.78, 5) is 17.3. The average Bonchev–Trinajstić information content (AvgIpc) is 2.29. The number of amides is 1. The molecule has 1 aromatic rings. The van der Waals surface area contributed by atoms with E-state index in [0.29, 0.717) is 11.2 Å². The smallest absolute Gasteiger partial charge is 0.219 e. The highest BCUT2D eigenvalue weighted by Crippen LogP contribution is 2.16. The number of nitrogens with one attached hydrogen (secondary N) is 1. The van der Waals surface area contributed by atoms with Crippen LogP contribution in [-0.4, -0.2) is 34.9 Å². The molecule has 0 bridgehead atoms. The zero-order valence-electron chi connectivity index (χ0n) is 9.82. The number of nitrogens with zero attached hydrogens (tertiary/aromatic N) is 2. The molecule has 1 N–H and O–H groups in total. The minimum Gasteiger partial charge on any atom is -0.367 e. The summed E-state index contributed by atoms with van der Waals surface area (Å²) >= 11 is 5.82. The van der Waals surface area contributed by atoms with Gasteiger partial charge >= 0.3 is 0 Å². The number of likely N-dealkylation sites (tertiary alicyclic amines) is 1. The van der Waals surface area contributed by atoms with Crippen molar-refractivity contribution < 1.29 is 4.79 Å². The number of hydrogen-bond acceptors (Lipinski definition) is 3. The third-order valence-corrected chi connectivity index (χ3v) is 3.22. The van der Waals surface area contributed by atoms with Gasteiger partial charge in [-0.05, 0) is 25.0 Å². The number of anilines is 1. The van der Waals surface area contributed by atoms with Crippen molar-refractivity contribution in [3.05, 3.63) is 23.4 Å². The van der Waals surface area contributed by atoms with E-state index in [0.717, 1.165) is 31.7 Å². The molecule has 0 saturated carbocycles. The van der Waals surface area contributed by atoms with E-state index in [4.69, 9.17) is 11.6 Å². The van der Waals surface area contributed by atoms with Gasteiger partial charge in [-0.2, -0.15) is 0 Å². The van der Waals surface area contributed by atoms with Gasteiger partial charge in [0.05, 0.1) is 0 Å². The molecule has 92 valence electrons. The molecule has 0 spiro atoms. The largest absolute Gasteiger partial charge is 0.367 e. The summed E-state index contributed by atoms with van der Waals surface area (Å²) in [6.07, 6.45) is 1.90. The van der Waals surface area contributed by atoms with Gasteiger partial charge in [-0.3, -0.25) is 4.79 Å². The van der Waals surface area contributed by atoms with E-state index in [-0.39, 0.29) is 5.91 Å². The molecule has 0 aromatic carbocycles. The first-order chi connectivity index (χ1) is 8.15. The Bertz CT molecular complexity index is 402. The van der Waals surface area contributed by atoms with Gasteiger partial charge in [0.15, 0.2) is 0 Å². The first kappa shape index (κ1) is 12.2. The quantitative estimate of drug-likeness (QED) is 0.822. The second-order valence-electron chi connectivity index (χ2n) is 4.27. The van der Waals surface area contributed by atoms with Crippen LogP contribution in [0.15, 0.2) is 18.2 Å². The predicted molar refractivity (Wildman–Crippen MR) is 68.1 cm³/mol. The molecule has 1 aromatic heterocycles. The van der Waals surface area contributed by atoms with Crippen molar-refractivity contribution in [2.45, 2.75) is 25.8 Å². The number of pyridine rings is 1. The second-order valence-corrected chi connectivity index (χ2v) is 4.66. The van der Waals surface area contributed by atoms with Crippen LogP contribution in [0.1, 0.15) is 19.8 Å². The fourth-order valence-corrected chi connectivity index (χ4v) is 2.20. The molecule has 0 atom stereocenters. The predicted octanol–water partition coefficient (Wildman–Crippen LogP) is 2.16. The van der Waals surface area contributed by atoms with Gasteiger partial charge in [-0.1, -0.05) is 17.7 Å². The standard InChI is InChI=1S/C12H16ClN3O/c1-9(17)16-7-5-10(6-8-16)14-12-4-2-3-11(13)15-12/h2-4,10H,5-8H2,1H3,(H,14,15). The first-order valence-electron chi connectivity index (χ1n) is 5.80. The molecule has 4 nitrogen and oxygen atoms in total. The number of rotatable bonds is 2. The molecule has 1 saturated heterocycles. The Morgan fingerprint density at radius 2 is 2.18 bits per heavy atom. The zero-order valence-corrected chi connectivity index (χ0v) is 10.6. The van der Waals surface area contributed by atoms with Crippen LogP contribution in [0.4, 0.5) is 5.82 Å². The lowest BCUT2D eigenvalue weighted by molar-refractivity contribution is -0.129. The number of piperidine rings is 1. The van der Waals surface area contributed by atoms with Crippen molar-refractivity contribution in [1.82, 2.24) is 9.88 Å². The monoisotopic (exact) mass is 253 g/mol. The molecule has 0 aliphatic carbocycles. The average molecular weight is 254 g/mol. The fraction of sp³-hybridized carbons (Fsp3) is 0.500. The summed E-state index contributed by atoms with van der Waals surface area (Å²) in [6, 6.07) is 5.91. The number of carbonyl (C=O) groups is 1. The molecule has 2 rings (SSSR count). The third-order valence-electron chi connectivity index (χ3n) is 3.01. The lowest BCUT2D eigenvalue weighted by atomic mass is 10.1. The van der Waals surface area contributed by atoms with Crippen LogP contribution in [0.25, 0.3) is 0 Å². The Balaban J connectivity index is 1.88. The van der Waals surface area contributed by atoms with Gasteiger partial charge in [-0.25, -0.2) is 4.98 Å². The van der Waals surface area contributed by atoms with Crippen molar-refractivity contribution in [2.75, 3.05) is 18.4 Å². The van der Waals surface area contributed by atoms with Crippen LogP contribution in [0, 0.1) is 0 Å².